The molecule has 0 bridgehead atoms. The van der Waals surface area contributed by atoms with E-state index in [0.717, 1.165) is 11.3 Å². The highest BCUT2D eigenvalue weighted by Crippen LogP contribution is 2.35. The number of carbonyl (C=O) groups is 2. The summed E-state index contributed by atoms with van der Waals surface area (Å²) in [4.78, 5) is 31.8. The predicted octanol–water partition coefficient (Wildman–Crippen LogP) is 4.50. The number of anilines is 1. The molecule has 0 N–H and O–H groups in total. The van der Waals surface area contributed by atoms with Crippen molar-refractivity contribution < 1.29 is 14.3 Å². The molecule has 1 aliphatic heterocycles. The summed E-state index contributed by atoms with van der Waals surface area (Å²) in [6.07, 6.45) is 2.59. The third-order valence-corrected chi connectivity index (χ3v) is 4.77. The van der Waals surface area contributed by atoms with Gasteiger partial charge in [0.15, 0.2) is 0 Å². The van der Waals surface area contributed by atoms with Crippen molar-refractivity contribution in [2.45, 2.75) is 32.3 Å². The number of para-hydroxylation sites is 1. The van der Waals surface area contributed by atoms with Gasteiger partial charge in [0.1, 0.15) is 0 Å². The maximum absolute atomic E-state index is 13.2. The van der Waals surface area contributed by atoms with E-state index in [4.69, 9.17) is 16.3 Å². The van der Waals surface area contributed by atoms with E-state index in [-0.39, 0.29) is 17.9 Å². The van der Waals surface area contributed by atoms with Crippen LogP contribution in [0.15, 0.2) is 53.5 Å². The SMILES string of the molecule is CC(C)OCCCN=CC1C(=O)N(c2ccccc2Cl)C(=O)c2ccccc21. The van der Waals surface area contributed by atoms with Gasteiger partial charge in [0.05, 0.1) is 22.7 Å². The van der Waals surface area contributed by atoms with Crippen molar-refractivity contribution in [3.05, 3.63) is 64.7 Å². The van der Waals surface area contributed by atoms with Crippen LogP contribution < -0.4 is 4.90 Å². The molecule has 5 nitrogen and oxygen atoms in total. The molecule has 2 aromatic carbocycles. The summed E-state index contributed by atoms with van der Waals surface area (Å²) in [5.41, 5.74) is 1.54. The molecule has 2 aromatic rings. The zero-order valence-electron chi connectivity index (χ0n) is 16.0. The van der Waals surface area contributed by atoms with Crippen LogP contribution in [0.4, 0.5) is 5.69 Å². The van der Waals surface area contributed by atoms with E-state index in [1.54, 1.807) is 48.7 Å². The lowest BCUT2D eigenvalue weighted by Gasteiger charge is -2.31. The first-order valence-corrected chi connectivity index (χ1v) is 9.71. The number of halogens is 1. The zero-order valence-corrected chi connectivity index (χ0v) is 16.7. The second kappa shape index (κ2) is 9.13. The van der Waals surface area contributed by atoms with Crippen LogP contribution in [-0.4, -0.2) is 37.3 Å². The molecule has 0 saturated carbocycles. The molecule has 2 amide bonds. The molecule has 0 aliphatic carbocycles. The van der Waals surface area contributed by atoms with Gasteiger partial charge in [-0.25, -0.2) is 4.90 Å². The van der Waals surface area contributed by atoms with Crippen LogP contribution >= 0.6 is 11.6 Å². The van der Waals surface area contributed by atoms with E-state index < -0.39 is 5.92 Å². The number of rotatable bonds is 7. The summed E-state index contributed by atoms with van der Waals surface area (Å²) in [5, 5.41) is 0.352. The average Bonchev–Trinajstić information content (AvgIpc) is 2.68. The number of ether oxygens (including phenoxy) is 1. The van der Waals surface area contributed by atoms with Crippen LogP contribution in [0.5, 0.6) is 0 Å². The van der Waals surface area contributed by atoms with Gasteiger partial charge >= 0.3 is 0 Å². The molecule has 1 unspecified atom stereocenters. The summed E-state index contributed by atoms with van der Waals surface area (Å²) in [7, 11) is 0. The lowest BCUT2D eigenvalue weighted by atomic mass is 9.89. The van der Waals surface area contributed by atoms with Crippen LogP contribution in [0.2, 0.25) is 5.02 Å². The van der Waals surface area contributed by atoms with Crippen molar-refractivity contribution in [1.29, 1.82) is 0 Å². The molecule has 1 atom stereocenters. The molecule has 0 saturated heterocycles. The lowest BCUT2D eigenvalue weighted by Crippen LogP contribution is -2.45. The standard InChI is InChI=1S/C22H23ClN2O3/c1-15(2)28-13-7-12-24-14-18-16-8-3-4-9-17(16)21(26)25(22(18)27)20-11-6-5-10-19(20)23/h3-6,8-11,14-15,18H,7,12-13H2,1-2H3. The van der Waals surface area contributed by atoms with Gasteiger partial charge < -0.3 is 4.74 Å². The molecule has 0 spiro atoms. The van der Waals surface area contributed by atoms with Crippen LogP contribution in [0, 0.1) is 0 Å². The largest absolute Gasteiger partial charge is 0.379 e. The third-order valence-electron chi connectivity index (χ3n) is 4.45. The summed E-state index contributed by atoms with van der Waals surface area (Å²) < 4.78 is 5.51. The van der Waals surface area contributed by atoms with E-state index in [1.807, 2.05) is 19.9 Å². The second-order valence-corrected chi connectivity index (χ2v) is 7.23. The van der Waals surface area contributed by atoms with Gasteiger partial charge in [-0.15, -0.1) is 0 Å². The fourth-order valence-corrected chi connectivity index (χ4v) is 3.34. The average molecular weight is 399 g/mol. The molecule has 146 valence electrons. The Bertz CT molecular complexity index is 895. The summed E-state index contributed by atoms with van der Waals surface area (Å²) in [5.74, 6) is -1.35. The Morgan fingerprint density at radius 1 is 1.14 bits per heavy atom. The number of nitrogens with zero attached hydrogens (tertiary/aromatic N) is 2. The number of aliphatic imine (C=N–C) groups is 1. The van der Waals surface area contributed by atoms with Crippen molar-refractivity contribution >= 4 is 35.3 Å². The lowest BCUT2D eigenvalue weighted by molar-refractivity contribution is -0.118. The summed E-state index contributed by atoms with van der Waals surface area (Å²) >= 11 is 6.26. The first kappa shape index (κ1) is 20.2. The van der Waals surface area contributed by atoms with Gasteiger partial charge in [-0.1, -0.05) is 41.9 Å². The third kappa shape index (κ3) is 4.32. The molecule has 1 heterocycles. The first-order valence-electron chi connectivity index (χ1n) is 9.34. The van der Waals surface area contributed by atoms with E-state index in [2.05, 4.69) is 4.99 Å². The highest BCUT2D eigenvalue weighted by molar-refractivity contribution is 6.37. The van der Waals surface area contributed by atoms with Crippen molar-refractivity contribution in [2.75, 3.05) is 18.1 Å². The Morgan fingerprint density at radius 3 is 2.61 bits per heavy atom. The topological polar surface area (TPSA) is 59.0 Å². The highest BCUT2D eigenvalue weighted by atomic mass is 35.5. The minimum atomic E-state index is -0.629. The molecule has 0 aromatic heterocycles. The van der Waals surface area contributed by atoms with Crippen LogP contribution in [0.3, 0.4) is 0 Å². The van der Waals surface area contributed by atoms with Gasteiger partial charge in [0.2, 0.25) is 5.91 Å². The first-order chi connectivity index (χ1) is 13.5. The Kier molecular flexibility index (Phi) is 6.60. The van der Waals surface area contributed by atoms with Crippen molar-refractivity contribution in [3.63, 3.8) is 0 Å². The number of amides is 2. The molecule has 0 radical (unpaired) electrons. The Morgan fingerprint density at radius 2 is 1.86 bits per heavy atom. The van der Waals surface area contributed by atoms with Gasteiger partial charge in [-0.3, -0.25) is 14.6 Å². The molecule has 1 aliphatic rings. The zero-order chi connectivity index (χ0) is 20.1. The van der Waals surface area contributed by atoms with Gasteiger partial charge in [-0.05, 0) is 44.0 Å². The van der Waals surface area contributed by atoms with Crippen molar-refractivity contribution in [1.82, 2.24) is 0 Å². The van der Waals surface area contributed by atoms with E-state index in [1.165, 1.54) is 0 Å². The number of carbonyl (C=O) groups excluding carboxylic acids is 2. The van der Waals surface area contributed by atoms with Crippen LogP contribution in [0.1, 0.15) is 42.1 Å². The van der Waals surface area contributed by atoms with E-state index in [0.29, 0.717) is 35.0 Å². The number of fused-ring (bicyclic) bond motifs is 1. The monoisotopic (exact) mass is 398 g/mol. The molecular weight excluding hydrogens is 376 g/mol. The van der Waals surface area contributed by atoms with Gasteiger partial charge in [-0.2, -0.15) is 0 Å². The van der Waals surface area contributed by atoms with E-state index >= 15 is 0 Å². The Labute approximate surface area is 170 Å². The second-order valence-electron chi connectivity index (χ2n) is 6.82. The highest BCUT2D eigenvalue weighted by Gasteiger charge is 2.39. The van der Waals surface area contributed by atoms with Crippen molar-refractivity contribution in [3.8, 4) is 0 Å². The van der Waals surface area contributed by atoms with Crippen LogP contribution in [0.25, 0.3) is 0 Å². The molecular formula is C22H23ClN2O3. The molecule has 28 heavy (non-hydrogen) atoms. The number of benzene rings is 2. The molecule has 0 fully saturated rings. The fourth-order valence-electron chi connectivity index (χ4n) is 3.12. The quantitative estimate of drug-likeness (QED) is 0.392. The normalized spacial score (nSPS) is 16.9. The smallest absolute Gasteiger partial charge is 0.265 e. The van der Waals surface area contributed by atoms with Gasteiger partial charge in [0, 0.05) is 24.9 Å². The Balaban J connectivity index is 1.87. The van der Waals surface area contributed by atoms with Crippen LogP contribution in [-0.2, 0) is 9.53 Å². The maximum atomic E-state index is 13.2. The minimum Gasteiger partial charge on any atom is -0.379 e. The predicted molar refractivity (Wildman–Crippen MR) is 112 cm³/mol. The minimum absolute atomic E-state index is 0.186. The summed E-state index contributed by atoms with van der Waals surface area (Å²) in [6.45, 7) is 5.15. The Hall–Kier alpha value is -2.50. The van der Waals surface area contributed by atoms with Gasteiger partial charge in [0.25, 0.3) is 5.91 Å². The number of hydrogen-bond acceptors (Lipinski definition) is 4. The number of imide groups is 1. The van der Waals surface area contributed by atoms with E-state index in [9.17, 15) is 9.59 Å². The molecule has 3 rings (SSSR count). The fraction of sp³-hybridized carbons (Fsp3) is 0.318. The maximum Gasteiger partial charge on any atom is 0.265 e. The molecule has 6 heteroatoms. The summed E-state index contributed by atoms with van der Waals surface area (Å²) in [6, 6.07) is 14.0. The van der Waals surface area contributed by atoms with Crippen molar-refractivity contribution in [2.24, 2.45) is 4.99 Å². The number of hydrogen-bond donors (Lipinski definition) is 0.